The Morgan fingerprint density at radius 3 is 2.72 bits per heavy atom. The highest BCUT2D eigenvalue weighted by Crippen LogP contribution is 2.37. The van der Waals surface area contributed by atoms with E-state index >= 15 is 0 Å². The number of esters is 3. The van der Waals surface area contributed by atoms with E-state index in [1.807, 2.05) is 13.0 Å². The van der Waals surface area contributed by atoms with Gasteiger partial charge in [-0.05, 0) is 38.3 Å². The topological polar surface area (TPSA) is 119 Å². The number of carbonyl (C=O) groups is 3. The zero-order chi connectivity index (χ0) is 21.8. The molecule has 8 nitrogen and oxygen atoms in total. The van der Waals surface area contributed by atoms with Crippen LogP contribution in [0.4, 0.5) is 0 Å². The van der Waals surface area contributed by atoms with E-state index < -0.39 is 48.2 Å². The Kier molecular flexibility index (Phi) is 7.37. The van der Waals surface area contributed by atoms with Crippen molar-refractivity contribution in [1.82, 2.24) is 0 Å². The van der Waals surface area contributed by atoms with Crippen LogP contribution >= 0.6 is 0 Å². The molecule has 0 bridgehead atoms. The number of carbonyl (C=O) groups excluding carboxylic acids is 3. The predicted molar refractivity (Wildman–Crippen MR) is 102 cm³/mol. The third-order valence-electron chi connectivity index (χ3n) is 5.01. The molecule has 1 heterocycles. The number of allylic oxidation sites excluding steroid dienone is 1. The Labute approximate surface area is 169 Å². The fourth-order valence-electron chi connectivity index (χ4n) is 3.29. The molecule has 0 amide bonds. The zero-order valence-corrected chi connectivity index (χ0v) is 17.0. The van der Waals surface area contributed by atoms with E-state index in [4.69, 9.17) is 14.2 Å². The van der Waals surface area contributed by atoms with E-state index in [2.05, 4.69) is 6.58 Å². The molecule has 0 aromatic rings. The van der Waals surface area contributed by atoms with Crippen LogP contribution in [-0.2, 0) is 28.6 Å². The van der Waals surface area contributed by atoms with Crippen LogP contribution in [0.15, 0.2) is 35.5 Å². The molecule has 0 aromatic heterocycles. The van der Waals surface area contributed by atoms with Crippen molar-refractivity contribution in [3.63, 3.8) is 0 Å². The van der Waals surface area contributed by atoms with Crippen LogP contribution in [0.2, 0.25) is 0 Å². The SMILES string of the molecule is C=C1C(=O)OC2C/C(C)=C\CC/C(COC(C)=O)=C\C(OC(=O)C(C)(O)CO)C12. The van der Waals surface area contributed by atoms with Gasteiger partial charge in [-0.1, -0.05) is 18.2 Å². The first-order chi connectivity index (χ1) is 13.5. The number of aliphatic hydroxyl groups is 2. The van der Waals surface area contributed by atoms with Crippen molar-refractivity contribution in [3.8, 4) is 0 Å². The molecule has 4 unspecified atom stereocenters. The van der Waals surface area contributed by atoms with Gasteiger partial charge in [0.15, 0.2) is 5.60 Å². The summed E-state index contributed by atoms with van der Waals surface area (Å²) in [5.41, 5.74) is -0.245. The van der Waals surface area contributed by atoms with Gasteiger partial charge in [0.25, 0.3) is 0 Å². The second kappa shape index (κ2) is 9.37. The molecule has 2 aliphatic rings. The lowest BCUT2D eigenvalue weighted by Gasteiger charge is -2.29. The fourth-order valence-corrected chi connectivity index (χ4v) is 3.29. The largest absolute Gasteiger partial charge is 0.461 e. The summed E-state index contributed by atoms with van der Waals surface area (Å²) in [7, 11) is 0. The van der Waals surface area contributed by atoms with Gasteiger partial charge in [0.2, 0.25) is 0 Å². The van der Waals surface area contributed by atoms with Gasteiger partial charge in [0.1, 0.15) is 18.8 Å². The van der Waals surface area contributed by atoms with E-state index in [0.717, 1.165) is 12.5 Å². The standard InChI is InChI=1S/C21H28O8/c1-12-6-5-7-15(10-27-14(3)23)9-17(29-20(25)21(4,26)11-22)18-13(2)19(24)28-16(18)8-12/h6,9,16-18,22,26H,2,5,7-8,10-11H2,1,3-4H3/b12-6-,15-9+. The van der Waals surface area contributed by atoms with E-state index in [9.17, 15) is 24.6 Å². The second-order valence-corrected chi connectivity index (χ2v) is 7.70. The van der Waals surface area contributed by atoms with Crippen LogP contribution in [0.3, 0.4) is 0 Å². The Hall–Kier alpha value is -2.45. The summed E-state index contributed by atoms with van der Waals surface area (Å²) < 4.78 is 16.0. The molecule has 8 heteroatoms. The molecule has 2 N–H and O–H groups in total. The molecule has 1 aliphatic carbocycles. The summed E-state index contributed by atoms with van der Waals surface area (Å²) in [6.45, 7) is 7.32. The van der Waals surface area contributed by atoms with Gasteiger partial charge < -0.3 is 24.4 Å². The fraction of sp³-hybridized carbons (Fsp3) is 0.571. The molecule has 1 fully saturated rings. The van der Waals surface area contributed by atoms with Crippen molar-refractivity contribution in [3.05, 3.63) is 35.5 Å². The molecular weight excluding hydrogens is 380 g/mol. The predicted octanol–water partition coefficient (Wildman–Crippen LogP) is 1.36. The summed E-state index contributed by atoms with van der Waals surface area (Å²) >= 11 is 0. The van der Waals surface area contributed by atoms with Crippen molar-refractivity contribution in [2.24, 2.45) is 5.92 Å². The Morgan fingerprint density at radius 2 is 2.10 bits per heavy atom. The van der Waals surface area contributed by atoms with Gasteiger partial charge in [0, 0.05) is 18.9 Å². The van der Waals surface area contributed by atoms with Gasteiger partial charge in [-0.2, -0.15) is 0 Å². The quantitative estimate of drug-likeness (QED) is 0.303. The molecular formula is C21H28O8. The van der Waals surface area contributed by atoms with Gasteiger partial charge in [-0.15, -0.1) is 0 Å². The molecule has 0 radical (unpaired) electrons. The van der Waals surface area contributed by atoms with Crippen molar-refractivity contribution in [2.45, 2.75) is 57.8 Å². The number of ether oxygens (including phenoxy) is 3. The Bertz CT molecular complexity index is 746. The minimum atomic E-state index is -2.10. The summed E-state index contributed by atoms with van der Waals surface area (Å²) in [6.07, 6.45) is 3.73. The number of rotatable bonds is 5. The molecule has 1 aliphatic heterocycles. The first-order valence-electron chi connectivity index (χ1n) is 9.47. The van der Waals surface area contributed by atoms with Crippen LogP contribution in [-0.4, -0.2) is 59.1 Å². The van der Waals surface area contributed by atoms with Gasteiger partial charge in [0.05, 0.1) is 12.5 Å². The van der Waals surface area contributed by atoms with E-state index in [1.54, 1.807) is 6.08 Å². The smallest absolute Gasteiger partial charge is 0.340 e. The number of hydrogen-bond donors (Lipinski definition) is 2. The van der Waals surface area contributed by atoms with Crippen LogP contribution in [0, 0.1) is 5.92 Å². The summed E-state index contributed by atoms with van der Waals surface area (Å²) in [6, 6.07) is 0. The molecule has 160 valence electrons. The van der Waals surface area contributed by atoms with Gasteiger partial charge >= 0.3 is 17.9 Å². The molecule has 1 saturated heterocycles. The third kappa shape index (κ3) is 5.77. The van der Waals surface area contributed by atoms with Crippen LogP contribution < -0.4 is 0 Å². The lowest BCUT2D eigenvalue weighted by atomic mass is 9.85. The lowest BCUT2D eigenvalue weighted by molar-refractivity contribution is -0.173. The summed E-state index contributed by atoms with van der Waals surface area (Å²) in [5, 5.41) is 19.3. The van der Waals surface area contributed by atoms with E-state index in [1.165, 1.54) is 6.92 Å². The molecule has 29 heavy (non-hydrogen) atoms. The second-order valence-electron chi connectivity index (χ2n) is 7.70. The minimum absolute atomic E-state index is 0.00529. The molecule has 0 spiro atoms. The number of aliphatic hydroxyl groups excluding tert-OH is 1. The third-order valence-corrected chi connectivity index (χ3v) is 5.01. The Morgan fingerprint density at radius 1 is 1.41 bits per heavy atom. The molecule has 2 rings (SSSR count). The van der Waals surface area contributed by atoms with Crippen molar-refractivity contribution in [1.29, 1.82) is 0 Å². The number of fused-ring (bicyclic) bond motifs is 1. The maximum Gasteiger partial charge on any atom is 0.340 e. The molecule has 4 atom stereocenters. The van der Waals surface area contributed by atoms with Crippen molar-refractivity contribution >= 4 is 17.9 Å². The minimum Gasteiger partial charge on any atom is -0.461 e. The van der Waals surface area contributed by atoms with Crippen LogP contribution in [0.25, 0.3) is 0 Å². The summed E-state index contributed by atoms with van der Waals surface area (Å²) in [5.74, 6) is -2.73. The average molecular weight is 408 g/mol. The number of hydrogen-bond acceptors (Lipinski definition) is 8. The van der Waals surface area contributed by atoms with Gasteiger partial charge in [-0.3, -0.25) is 4.79 Å². The van der Waals surface area contributed by atoms with E-state index in [-0.39, 0.29) is 12.2 Å². The Balaban J connectivity index is 2.44. The molecule has 0 saturated carbocycles. The monoisotopic (exact) mass is 408 g/mol. The first-order valence-corrected chi connectivity index (χ1v) is 9.47. The zero-order valence-electron chi connectivity index (χ0n) is 17.0. The first kappa shape index (κ1) is 22.8. The van der Waals surface area contributed by atoms with Crippen LogP contribution in [0.5, 0.6) is 0 Å². The van der Waals surface area contributed by atoms with E-state index in [0.29, 0.717) is 24.8 Å². The highest BCUT2D eigenvalue weighted by Gasteiger charge is 2.46. The van der Waals surface area contributed by atoms with Gasteiger partial charge in [-0.25, -0.2) is 9.59 Å². The average Bonchev–Trinajstić information content (AvgIpc) is 2.91. The van der Waals surface area contributed by atoms with Crippen LogP contribution in [0.1, 0.15) is 40.0 Å². The maximum atomic E-state index is 12.4. The highest BCUT2D eigenvalue weighted by molar-refractivity contribution is 5.91. The lowest BCUT2D eigenvalue weighted by Crippen LogP contribution is -2.44. The molecule has 0 aromatic carbocycles. The normalized spacial score (nSPS) is 30.6. The maximum absolute atomic E-state index is 12.4. The highest BCUT2D eigenvalue weighted by atomic mass is 16.6. The summed E-state index contributed by atoms with van der Waals surface area (Å²) in [4.78, 5) is 35.8. The van der Waals surface area contributed by atoms with Crippen molar-refractivity contribution < 1.29 is 38.8 Å². The van der Waals surface area contributed by atoms with Crippen molar-refractivity contribution in [2.75, 3.05) is 13.2 Å².